The zero-order chi connectivity index (χ0) is 19.4. The zero-order valence-electron chi connectivity index (χ0n) is 15.1. The lowest BCUT2D eigenvalue weighted by atomic mass is 10.3. The molecule has 3 rings (SSSR count). The number of aryl methyl sites for hydroxylation is 3. The highest BCUT2D eigenvalue weighted by Gasteiger charge is 2.16. The third kappa shape index (κ3) is 4.57. The monoisotopic (exact) mass is 372 g/mol. The Bertz CT molecular complexity index is 955. The Hall–Kier alpha value is -3.50. The molecule has 11 nitrogen and oxygen atoms in total. The fourth-order valence-electron chi connectivity index (χ4n) is 2.60. The molecule has 0 aromatic carbocycles. The number of hydrogen-bond acceptors (Lipinski definition) is 6. The quantitative estimate of drug-likeness (QED) is 0.473. The standard InChI is InChI=1S/C16H20N8O3/c1-3-21-9-13(7-17-21)10-22-11-14(8-18-22)19-16(25)4-5-23-12(2)6-15(20-23)24(26)27/h6-9,11H,3-5,10H2,1-2H3,(H,19,25). The molecule has 0 spiro atoms. The summed E-state index contributed by atoms with van der Waals surface area (Å²) < 4.78 is 5.00. The molecule has 1 amide bonds. The second kappa shape index (κ2) is 7.81. The Morgan fingerprint density at radius 3 is 2.70 bits per heavy atom. The molecular formula is C16H20N8O3. The minimum absolute atomic E-state index is 0.147. The zero-order valence-corrected chi connectivity index (χ0v) is 15.1. The summed E-state index contributed by atoms with van der Waals surface area (Å²) in [4.78, 5) is 22.3. The fourth-order valence-corrected chi connectivity index (χ4v) is 2.60. The van der Waals surface area contributed by atoms with Crippen molar-refractivity contribution in [2.75, 3.05) is 5.32 Å². The summed E-state index contributed by atoms with van der Waals surface area (Å²) in [6, 6.07) is 1.38. The number of anilines is 1. The van der Waals surface area contributed by atoms with Gasteiger partial charge in [-0.3, -0.25) is 14.2 Å². The Balaban J connectivity index is 1.52. The molecule has 142 valence electrons. The summed E-state index contributed by atoms with van der Waals surface area (Å²) in [5.41, 5.74) is 2.24. The van der Waals surface area contributed by atoms with Gasteiger partial charge in [0.15, 0.2) is 0 Å². The molecule has 0 saturated heterocycles. The van der Waals surface area contributed by atoms with E-state index < -0.39 is 4.92 Å². The van der Waals surface area contributed by atoms with Crippen LogP contribution in [0.5, 0.6) is 0 Å². The minimum Gasteiger partial charge on any atom is -0.358 e. The first-order valence-electron chi connectivity index (χ1n) is 8.47. The van der Waals surface area contributed by atoms with Gasteiger partial charge in [0, 0.05) is 30.9 Å². The van der Waals surface area contributed by atoms with Crippen LogP contribution in [0.4, 0.5) is 11.5 Å². The molecule has 0 radical (unpaired) electrons. The van der Waals surface area contributed by atoms with Crippen molar-refractivity contribution in [2.24, 2.45) is 0 Å². The number of hydrogen-bond donors (Lipinski definition) is 1. The topological polar surface area (TPSA) is 126 Å². The maximum atomic E-state index is 12.1. The molecule has 0 aliphatic carbocycles. The molecule has 0 saturated carbocycles. The third-order valence-electron chi connectivity index (χ3n) is 3.98. The summed E-state index contributed by atoms with van der Waals surface area (Å²) in [5, 5.41) is 25.8. The van der Waals surface area contributed by atoms with Gasteiger partial charge in [0.05, 0.1) is 48.0 Å². The van der Waals surface area contributed by atoms with Crippen LogP contribution in [0.25, 0.3) is 0 Å². The Morgan fingerprint density at radius 1 is 1.26 bits per heavy atom. The first-order chi connectivity index (χ1) is 12.9. The van der Waals surface area contributed by atoms with Crippen molar-refractivity contribution < 1.29 is 9.72 Å². The van der Waals surface area contributed by atoms with Gasteiger partial charge in [-0.05, 0) is 18.8 Å². The molecule has 0 atom stereocenters. The van der Waals surface area contributed by atoms with Gasteiger partial charge in [-0.2, -0.15) is 14.9 Å². The van der Waals surface area contributed by atoms with E-state index in [2.05, 4.69) is 20.6 Å². The lowest BCUT2D eigenvalue weighted by molar-refractivity contribution is -0.389. The molecular weight excluding hydrogens is 352 g/mol. The summed E-state index contributed by atoms with van der Waals surface area (Å²) in [7, 11) is 0. The minimum atomic E-state index is -0.553. The molecule has 0 aliphatic heterocycles. The Kier molecular flexibility index (Phi) is 5.29. The van der Waals surface area contributed by atoms with Gasteiger partial charge in [-0.15, -0.1) is 0 Å². The molecule has 0 bridgehead atoms. The van der Waals surface area contributed by atoms with Crippen LogP contribution in [0.2, 0.25) is 0 Å². The highest BCUT2D eigenvalue weighted by molar-refractivity contribution is 5.90. The molecule has 1 N–H and O–H groups in total. The molecule has 3 aromatic rings. The van der Waals surface area contributed by atoms with Crippen molar-refractivity contribution in [1.29, 1.82) is 0 Å². The van der Waals surface area contributed by atoms with E-state index in [4.69, 9.17) is 0 Å². The second-order valence-electron chi connectivity index (χ2n) is 6.05. The number of carbonyl (C=O) groups is 1. The van der Waals surface area contributed by atoms with Crippen molar-refractivity contribution in [3.63, 3.8) is 0 Å². The average molecular weight is 372 g/mol. The summed E-state index contributed by atoms with van der Waals surface area (Å²) in [6.07, 6.45) is 7.20. The van der Waals surface area contributed by atoms with Crippen molar-refractivity contribution in [3.8, 4) is 0 Å². The van der Waals surface area contributed by atoms with Crippen LogP contribution in [0.15, 0.2) is 30.9 Å². The first kappa shape index (κ1) is 18.3. The van der Waals surface area contributed by atoms with Crippen molar-refractivity contribution in [1.82, 2.24) is 29.3 Å². The number of amides is 1. The predicted molar refractivity (Wildman–Crippen MR) is 96.1 cm³/mol. The maximum absolute atomic E-state index is 12.1. The van der Waals surface area contributed by atoms with Crippen molar-refractivity contribution in [3.05, 3.63) is 52.2 Å². The summed E-state index contributed by atoms with van der Waals surface area (Å²) in [6.45, 7) is 5.35. The van der Waals surface area contributed by atoms with Crippen molar-refractivity contribution >= 4 is 17.4 Å². The van der Waals surface area contributed by atoms with Gasteiger partial charge in [-0.1, -0.05) is 0 Å². The van der Waals surface area contributed by atoms with Gasteiger partial charge >= 0.3 is 5.82 Å². The molecule has 11 heteroatoms. The number of nitrogens with zero attached hydrogens (tertiary/aromatic N) is 7. The average Bonchev–Trinajstić information content (AvgIpc) is 3.34. The highest BCUT2D eigenvalue weighted by atomic mass is 16.6. The fraction of sp³-hybridized carbons (Fsp3) is 0.375. The number of rotatable bonds is 8. The van der Waals surface area contributed by atoms with E-state index in [-0.39, 0.29) is 24.7 Å². The number of carbonyl (C=O) groups excluding carboxylic acids is 1. The van der Waals surface area contributed by atoms with Crippen LogP contribution in [0, 0.1) is 17.0 Å². The van der Waals surface area contributed by atoms with E-state index in [1.54, 1.807) is 30.2 Å². The number of aromatic nitrogens is 6. The van der Waals surface area contributed by atoms with E-state index in [0.29, 0.717) is 17.9 Å². The molecule has 3 heterocycles. The van der Waals surface area contributed by atoms with Crippen LogP contribution in [-0.2, 0) is 24.4 Å². The van der Waals surface area contributed by atoms with E-state index in [9.17, 15) is 14.9 Å². The van der Waals surface area contributed by atoms with Gasteiger partial charge < -0.3 is 15.4 Å². The van der Waals surface area contributed by atoms with E-state index in [1.807, 2.05) is 17.8 Å². The first-order valence-corrected chi connectivity index (χ1v) is 8.47. The van der Waals surface area contributed by atoms with Gasteiger partial charge in [-0.25, -0.2) is 0 Å². The van der Waals surface area contributed by atoms with Crippen LogP contribution in [-0.4, -0.2) is 40.2 Å². The van der Waals surface area contributed by atoms with Gasteiger partial charge in [0.25, 0.3) is 0 Å². The Morgan fingerprint density at radius 2 is 2.04 bits per heavy atom. The van der Waals surface area contributed by atoms with Gasteiger partial charge in [0.2, 0.25) is 5.91 Å². The largest absolute Gasteiger partial charge is 0.390 e. The van der Waals surface area contributed by atoms with Crippen molar-refractivity contribution in [2.45, 2.75) is 39.9 Å². The Labute approximate surface area is 154 Å². The lowest BCUT2D eigenvalue weighted by Gasteiger charge is -2.02. The summed E-state index contributed by atoms with van der Waals surface area (Å²) in [5.74, 6) is -0.438. The van der Waals surface area contributed by atoms with Gasteiger partial charge in [0.1, 0.15) is 0 Å². The number of nitrogens with one attached hydrogen (secondary N) is 1. The molecule has 3 aromatic heterocycles. The maximum Gasteiger partial charge on any atom is 0.390 e. The molecule has 0 unspecified atom stereocenters. The molecule has 0 fully saturated rings. The van der Waals surface area contributed by atoms with E-state index in [0.717, 1.165) is 12.1 Å². The summed E-state index contributed by atoms with van der Waals surface area (Å²) >= 11 is 0. The third-order valence-corrected chi connectivity index (χ3v) is 3.98. The lowest BCUT2D eigenvalue weighted by Crippen LogP contribution is -2.15. The van der Waals surface area contributed by atoms with Crippen LogP contribution in [0.3, 0.4) is 0 Å². The highest BCUT2D eigenvalue weighted by Crippen LogP contribution is 2.12. The molecule has 27 heavy (non-hydrogen) atoms. The normalized spacial score (nSPS) is 10.9. The SMILES string of the molecule is CCn1cc(Cn2cc(NC(=O)CCn3nc([N+](=O)[O-])cc3C)cn2)cn1. The van der Waals surface area contributed by atoms with Crippen LogP contribution >= 0.6 is 0 Å². The van der Waals surface area contributed by atoms with Crippen LogP contribution < -0.4 is 5.32 Å². The predicted octanol–water partition coefficient (Wildman–Crippen LogP) is 1.59. The molecule has 0 aliphatic rings. The second-order valence-corrected chi connectivity index (χ2v) is 6.05. The van der Waals surface area contributed by atoms with Crippen LogP contribution in [0.1, 0.15) is 24.6 Å². The number of nitro groups is 1. The smallest absolute Gasteiger partial charge is 0.358 e. The van der Waals surface area contributed by atoms with E-state index in [1.165, 1.54) is 10.7 Å². The van der Waals surface area contributed by atoms with E-state index >= 15 is 0 Å².